The molecule has 2 aromatic carbocycles. The Kier molecular flexibility index (Phi) is 7.76. The molecule has 0 aliphatic carbocycles. The van der Waals surface area contributed by atoms with Crippen molar-refractivity contribution < 1.29 is 14.6 Å². The number of hydrogen-bond acceptors (Lipinski definition) is 5. The van der Waals surface area contributed by atoms with E-state index in [1.54, 1.807) is 13.0 Å². The number of carboxylic acid groups (broad SMARTS) is 1. The monoisotopic (exact) mass is 434 g/mol. The number of thiazole rings is 1. The van der Waals surface area contributed by atoms with E-state index in [1.165, 1.54) is 11.3 Å². The van der Waals surface area contributed by atoms with Crippen molar-refractivity contribution in [1.29, 1.82) is 0 Å². The lowest BCUT2D eigenvalue weighted by Gasteiger charge is -2.10. The van der Waals surface area contributed by atoms with Gasteiger partial charge in [-0.1, -0.05) is 42.5 Å². The Balaban J connectivity index is 1.57. The average Bonchev–Trinajstić information content (AvgIpc) is 3.22. The summed E-state index contributed by atoms with van der Waals surface area (Å²) in [7, 11) is 0. The molecule has 1 aromatic heterocycles. The zero-order valence-corrected chi connectivity index (χ0v) is 18.4. The molecule has 1 atom stereocenters. The van der Waals surface area contributed by atoms with E-state index in [1.807, 2.05) is 73.0 Å². The number of carboxylic acids is 1. The molecule has 0 aliphatic rings. The van der Waals surface area contributed by atoms with E-state index >= 15 is 0 Å². The van der Waals surface area contributed by atoms with Crippen LogP contribution < -0.4 is 10.5 Å². The fourth-order valence-electron chi connectivity index (χ4n) is 3.02. The number of aromatic nitrogens is 1. The van der Waals surface area contributed by atoms with Gasteiger partial charge in [-0.3, -0.25) is 0 Å². The minimum Gasteiger partial charge on any atom is -0.489 e. The van der Waals surface area contributed by atoms with Crippen molar-refractivity contribution in [3.63, 3.8) is 0 Å². The number of nitrogens with zero attached hydrogens (tertiary/aromatic N) is 1. The number of ether oxygens (including phenoxy) is 1. The van der Waals surface area contributed by atoms with Crippen LogP contribution in [0.5, 0.6) is 5.75 Å². The minimum absolute atomic E-state index is 0.208. The first kappa shape index (κ1) is 22.5. The topological polar surface area (TPSA) is 85.4 Å². The quantitative estimate of drug-likeness (QED) is 0.348. The fraction of sp³-hybridized carbons (Fsp3) is 0.200. The second-order valence-corrected chi connectivity index (χ2v) is 8.25. The summed E-state index contributed by atoms with van der Waals surface area (Å²) >= 11 is 1.51. The highest BCUT2D eigenvalue weighted by atomic mass is 32.1. The van der Waals surface area contributed by atoms with Gasteiger partial charge >= 0.3 is 5.97 Å². The van der Waals surface area contributed by atoms with Gasteiger partial charge in [0, 0.05) is 11.0 Å². The molecule has 0 amide bonds. The molecule has 0 saturated heterocycles. The molecule has 0 radical (unpaired) electrons. The summed E-state index contributed by atoms with van der Waals surface area (Å²) in [6.07, 6.45) is 4.16. The van der Waals surface area contributed by atoms with Crippen LogP contribution in [0, 0.1) is 0 Å². The lowest BCUT2D eigenvalue weighted by Crippen LogP contribution is -2.13. The highest BCUT2D eigenvalue weighted by Gasteiger charge is 2.12. The predicted octanol–water partition coefficient (Wildman–Crippen LogP) is 5.40. The van der Waals surface area contributed by atoms with Crippen molar-refractivity contribution in [1.82, 2.24) is 4.98 Å². The maximum Gasteiger partial charge on any atom is 0.331 e. The van der Waals surface area contributed by atoms with E-state index in [4.69, 9.17) is 15.6 Å². The maximum atomic E-state index is 10.9. The first-order valence-corrected chi connectivity index (χ1v) is 10.9. The van der Waals surface area contributed by atoms with E-state index in [9.17, 15) is 4.79 Å². The van der Waals surface area contributed by atoms with Crippen LogP contribution in [0.15, 0.2) is 77.2 Å². The normalized spacial score (nSPS) is 13.1. The molecule has 3 aromatic rings. The molecule has 3 rings (SSSR count). The lowest BCUT2D eigenvalue weighted by molar-refractivity contribution is -0.132. The Morgan fingerprint density at radius 1 is 1.13 bits per heavy atom. The summed E-state index contributed by atoms with van der Waals surface area (Å²) in [6.45, 7) is 3.96. The van der Waals surface area contributed by atoms with Gasteiger partial charge in [0.2, 0.25) is 0 Å². The molecule has 0 aliphatic heterocycles. The molecule has 0 saturated carbocycles. The van der Waals surface area contributed by atoms with E-state index in [0.717, 1.165) is 33.2 Å². The average molecular weight is 435 g/mol. The Morgan fingerprint density at radius 3 is 2.52 bits per heavy atom. The van der Waals surface area contributed by atoms with Gasteiger partial charge in [0.15, 0.2) is 0 Å². The SMILES string of the molecule is C/C(=C/C(C)=C/c1csc(C(N)Cc2ccc(OCc3ccccc3)cc2)n1)C(=O)O. The number of nitrogens with two attached hydrogens (primary N) is 1. The predicted molar refractivity (Wildman–Crippen MR) is 125 cm³/mol. The second-order valence-electron chi connectivity index (χ2n) is 7.36. The van der Waals surface area contributed by atoms with Gasteiger partial charge in [0.25, 0.3) is 0 Å². The van der Waals surface area contributed by atoms with Crippen molar-refractivity contribution in [2.75, 3.05) is 0 Å². The van der Waals surface area contributed by atoms with Gasteiger partial charge in [-0.15, -0.1) is 11.3 Å². The number of benzene rings is 2. The van der Waals surface area contributed by atoms with Gasteiger partial charge in [0.05, 0.1) is 11.7 Å². The Morgan fingerprint density at radius 2 is 1.84 bits per heavy atom. The van der Waals surface area contributed by atoms with Crippen LogP contribution in [0.4, 0.5) is 0 Å². The standard InChI is InChI=1S/C25H26N2O3S/c1-17(12-18(2)25(28)29)13-21-16-31-24(27-21)23(26)14-19-8-10-22(11-9-19)30-15-20-6-4-3-5-7-20/h3-13,16,23H,14-15,26H2,1-2H3,(H,28,29)/b17-13+,18-12-. The highest BCUT2D eigenvalue weighted by Crippen LogP contribution is 2.23. The summed E-state index contributed by atoms with van der Waals surface area (Å²) in [5.41, 5.74) is 10.5. The zero-order chi connectivity index (χ0) is 22.2. The first-order chi connectivity index (χ1) is 14.9. The Bertz CT molecular complexity index is 1070. The molecule has 0 spiro atoms. The van der Waals surface area contributed by atoms with Gasteiger partial charge in [-0.25, -0.2) is 9.78 Å². The molecule has 5 nitrogen and oxygen atoms in total. The molecule has 0 fully saturated rings. The third kappa shape index (κ3) is 6.91. The van der Waals surface area contributed by atoms with Crippen LogP contribution in [-0.4, -0.2) is 16.1 Å². The zero-order valence-electron chi connectivity index (χ0n) is 17.6. The van der Waals surface area contributed by atoms with Crippen LogP contribution in [0.25, 0.3) is 6.08 Å². The number of rotatable bonds is 9. The van der Waals surface area contributed by atoms with Crippen molar-refractivity contribution >= 4 is 23.4 Å². The van der Waals surface area contributed by atoms with Crippen molar-refractivity contribution in [3.05, 3.63) is 99.0 Å². The molecule has 0 bridgehead atoms. The molecule has 160 valence electrons. The van der Waals surface area contributed by atoms with E-state index in [0.29, 0.717) is 13.0 Å². The fourth-order valence-corrected chi connectivity index (χ4v) is 3.80. The summed E-state index contributed by atoms with van der Waals surface area (Å²) in [4.78, 5) is 15.5. The van der Waals surface area contributed by atoms with Crippen LogP contribution in [0.1, 0.15) is 41.7 Å². The van der Waals surface area contributed by atoms with Gasteiger partial charge < -0.3 is 15.6 Å². The molecular formula is C25H26N2O3S. The Hall–Kier alpha value is -3.22. The highest BCUT2D eigenvalue weighted by molar-refractivity contribution is 7.09. The van der Waals surface area contributed by atoms with Crippen molar-refractivity contribution in [2.45, 2.75) is 32.9 Å². The summed E-state index contributed by atoms with van der Waals surface area (Å²) in [5, 5.41) is 11.8. The van der Waals surface area contributed by atoms with Crippen LogP contribution in [0.3, 0.4) is 0 Å². The molecule has 1 unspecified atom stereocenters. The largest absolute Gasteiger partial charge is 0.489 e. The third-order valence-electron chi connectivity index (χ3n) is 4.64. The number of allylic oxidation sites excluding steroid dienone is 2. The van der Waals surface area contributed by atoms with E-state index in [-0.39, 0.29) is 11.6 Å². The van der Waals surface area contributed by atoms with Gasteiger partial charge in [0.1, 0.15) is 17.4 Å². The smallest absolute Gasteiger partial charge is 0.331 e. The molecule has 1 heterocycles. The van der Waals surface area contributed by atoms with Crippen LogP contribution in [-0.2, 0) is 17.8 Å². The van der Waals surface area contributed by atoms with Crippen molar-refractivity contribution in [3.8, 4) is 5.75 Å². The number of hydrogen-bond donors (Lipinski definition) is 2. The molecular weight excluding hydrogens is 408 g/mol. The van der Waals surface area contributed by atoms with E-state index < -0.39 is 5.97 Å². The third-order valence-corrected chi connectivity index (χ3v) is 5.64. The lowest BCUT2D eigenvalue weighted by atomic mass is 10.1. The van der Waals surface area contributed by atoms with Crippen molar-refractivity contribution in [2.24, 2.45) is 5.73 Å². The molecule has 31 heavy (non-hydrogen) atoms. The number of aliphatic carboxylic acids is 1. The summed E-state index contributed by atoms with van der Waals surface area (Å²) in [5.74, 6) is -0.103. The molecule has 3 N–H and O–H groups in total. The Labute approximate surface area is 186 Å². The van der Waals surface area contributed by atoms with E-state index in [2.05, 4.69) is 4.98 Å². The van der Waals surface area contributed by atoms with Gasteiger partial charge in [-0.05, 0) is 61.3 Å². The first-order valence-electron chi connectivity index (χ1n) is 9.97. The second kappa shape index (κ2) is 10.7. The maximum absolute atomic E-state index is 10.9. The molecule has 6 heteroatoms. The summed E-state index contributed by atoms with van der Waals surface area (Å²) in [6, 6.07) is 17.8. The number of carbonyl (C=O) groups is 1. The van der Waals surface area contributed by atoms with Crippen LogP contribution in [0.2, 0.25) is 0 Å². The van der Waals surface area contributed by atoms with Crippen LogP contribution >= 0.6 is 11.3 Å². The summed E-state index contributed by atoms with van der Waals surface area (Å²) < 4.78 is 5.83. The minimum atomic E-state index is -0.926. The van der Waals surface area contributed by atoms with Gasteiger partial charge in [-0.2, -0.15) is 0 Å².